The number of likely N-dealkylation sites (N-methyl/N-ethyl adjacent to an activating group) is 1. The maximum absolute atomic E-state index is 14.2. The first kappa shape index (κ1) is 60.3. The molecule has 0 bridgehead atoms. The molecule has 5 amide bonds. The van der Waals surface area contributed by atoms with Gasteiger partial charge in [0.25, 0.3) is 17.7 Å². The molecule has 1 fully saturated rings. The Morgan fingerprint density at radius 2 is 1.46 bits per heavy atom. The number of nitrogens with two attached hydrogens (primary N) is 2. The molecule has 0 saturated carbocycles. The van der Waals surface area contributed by atoms with Crippen molar-refractivity contribution in [3.05, 3.63) is 138 Å². The summed E-state index contributed by atoms with van der Waals surface area (Å²) in [6, 6.07) is 22.6. The highest BCUT2D eigenvalue weighted by Crippen LogP contribution is 2.39. The first-order valence-electron chi connectivity index (χ1n) is 27.9. The number of nitrogens with one attached hydrogen (secondary N) is 6. The van der Waals surface area contributed by atoms with E-state index in [9.17, 15) is 28.8 Å². The Labute approximate surface area is 474 Å². The quantitative estimate of drug-likeness (QED) is 0.00911. The molecule has 1 aromatic heterocycles. The predicted molar refractivity (Wildman–Crippen MR) is 318 cm³/mol. The van der Waals surface area contributed by atoms with Crippen molar-refractivity contribution in [2.24, 2.45) is 11.5 Å². The fraction of sp³-hybridized carbons (Fsp3) is 0.410. The molecular formula is C61H78ClN11O7. The van der Waals surface area contributed by atoms with E-state index in [-0.39, 0.29) is 47.8 Å². The van der Waals surface area contributed by atoms with E-state index in [2.05, 4.69) is 56.5 Å². The summed E-state index contributed by atoms with van der Waals surface area (Å²) < 4.78 is 6.10. The van der Waals surface area contributed by atoms with Gasteiger partial charge < -0.3 is 57.6 Å². The van der Waals surface area contributed by atoms with Crippen LogP contribution in [0.3, 0.4) is 0 Å². The van der Waals surface area contributed by atoms with Gasteiger partial charge >= 0.3 is 6.09 Å². The van der Waals surface area contributed by atoms with Crippen LogP contribution in [0.1, 0.15) is 103 Å². The van der Waals surface area contributed by atoms with Gasteiger partial charge in [0, 0.05) is 121 Å². The summed E-state index contributed by atoms with van der Waals surface area (Å²) in [4.78, 5) is 87.3. The Bertz CT molecular complexity index is 3020. The van der Waals surface area contributed by atoms with Crippen LogP contribution in [0.5, 0.6) is 5.75 Å². The highest BCUT2D eigenvalue weighted by molar-refractivity contribution is 6.18. The van der Waals surface area contributed by atoms with Gasteiger partial charge in [-0.15, -0.1) is 11.6 Å². The van der Waals surface area contributed by atoms with Crippen LogP contribution < -0.4 is 42.8 Å². The molecule has 0 spiro atoms. The largest absolute Gasteiger partial charge is 0.415 e. The van der Waals surface area contributed by atoms with E-state index in [4.69, 9.17) is 27.8 Å². The fourth-order valence-electron chi connectivity index (χ4n) is 10.1. The second kappa shape index (κ2) is 29.7. The number of aromatic amines is 1. The van der Waals surface area contributed by atoms with Crippen LogP contribution in [-0.2, 0) is 20.8 Å². The number of halogens is 1. The van der Waals surface area contributed by atoms with E-state index in [1.807, 2.05) is 43.4 Å². The average molecular weight is 1110 g/mol. The number of allylic oxidation sites excluding steroid dienone is 1. The number of benzene rings is 4. The lowest BCUT2D eigenvalue weighted by Crippen LogP contribution is -2.48. The van der Waals surface area contributed by atoms with Crippen molar-refractivity contribution in [2.45, 2.75) is 89.1 Å². The number of Topliss-reactive ketones (excluding diaryl/α,β-unsaturated/α-hetero) is 1. The number of fused-ring (bicyclic) bond motifs is 2. The van der Waals surface area contributed by atoms with Gasteiger partial charge in [0.15, 0.2) is 5.78 Å². The van der Waals surface area contributed by atoms with Crippen LogP contribution >= 0.6 is 11.6 Å². The van der Waals surface area contributed by atoms with Gasteiger partial charge in [0.2, 0.25) is 5.91 Å². The van der Waals surface area contributed by atoms with Crippen LogP contribution in [0.25, 0.3) is 21.7 Å². The van der Waals surface area contributed by atoms with Gasteiger partial charge in [0.05, 0.1) is 5.69 Å². The van der Waals surface area contributed by atoms with Crippen molar-refractivity contribution in [1.29, 1.82) is 0 Å². The number of aromatic nitrogens is 1. The molecule has 4 aromatic carbocycles. The molecule has 0 radical (unpaired) electrons. The van der Waals surface area contributed by atoms with Gasteiger partial charge in [-0.3, -0.25) is 28.9 Å². The number of carbonyl (C=O) groups is 6. The monoisotopic (exact) mass is 1110 g/mol. The minimum Gasteiger partial charge on any atom is -0.410 e. The SMILES string of the molecule is C=C(CCCN1C(=O)C=CC1=O)NCCN[C@@H](CCCCN)C(=C)N[C@@H](CCCCN)C(=O)Nc1ccc(C(=O)Nc2ccc3[nH]c(C(=O)Cc4cc(OC(=O)N5CCN(C)CC5)c5ccccc5c4[C@@H](CC)CCl)cc3c2)cc1. The lowest BCUT2D eigenvalue weighted by molar-refractivity contribution is -0.136. The number of piperazine rings is 1. The smallest absolute Gasteiger partial charge is 0.410 e. The maximum Gasteiger partial charge on any atom is 0.415 e. The van der Waals surface area contributed by atoms with Crippen molar-refractivity contribution in [3.8, 4) is 5.75 Å². The van der Waals surface area contributed by atoms with Gasteiger partial charge in [0.1, 0.15) is 11.8 Å². The molecule has 3 heterocycles. The minimum absolute atomic E-state index is 0.0305. The molecule has 19 heteroatoms. The number of alkyl halides is 1. The molecule has 0 aliphatic carbocycles. The van der Waals surface area contributed by atoms with Crippen molar-refractivity contribution in [2.75, 3.05) is 82.5 Å². The third kappa shape index (κ3) is 16.4. The molecule has 80 heavy (non-hydrogen) atoms. The normalized spacial score (nSPS) is 14.8. The zero-order valence-electron chi connectivity index (χ0n) is 46.2. The van der Waals surface area contributed by atoms with Crippen LogP contribution in [0.2, 0.25) is 0 Å². The fourth-order valence-corrected chi connectivity index (χ4v) is 10.5. The maximum atomic E-state index is 14.2. The summed E-state index contributed by atoms with van der Waals surface area (Å²) in [6.45, 7) is 15.7. The third-order valence-electron chi connectivity index (χ3n) is 14.8. The number of ketones is 1. The lowest BCUT2D eigenvalue weighted by Gasteiger charge is -2.31. The summed E-state index contributed by atoms with van der Waals surface area (Å²) in [5, 5.41) is 18.7. The average Bonchev–Trinajstić information content (AvgIpc) is 4.03. The Morgan fingerprint density at radius 3 is 2.14 bits per heavy atom. The van der Waals surface area contributed by atoms with E-state index in [0.717, 1.165) is 78.2 Å². The Balaban J connectivity index is 0.954. The number of imide groups is 1. The zero-order valence-corrected chi connectivity index (χ0v) is 46.9. The molecule has 426 valence electrons. The van der Waals surface area contributed by atoms with Crippen molar-refractivity contribution in [1.82, 2.24) is 35.6 Å². The number of hydrogen-bond donors (Lipinski definition) is 8. The Hall–Kier alpha value is -7.35. The number of nitrogens with zero attached hydrogens (tertiary/aromatic N) is 3. The predicted octanol–water partition coefficient (Wildman–Crippen LogP) is 7.91. The molecule has 3 atom stereocenters. The van der Waals surface area contributed by atoms with E-state index in [0.29, 0.717) is 117 Å². The zero-order chi connectivity index (χ0) is 57.1. The second-order valence-electron chi connectivity index (χ2n) is 20.6. The van der Waals surface area contributed by atoms with Crippen LogP contribution in [0.4, 0.5) is 16.2 Å². The first-order chi connectivity index (χ1) is 38.7. The second-order valence-corrected chi connectivity index (χ2v) is 20.9. The van der Waals surface area contributed by atoms with E-state index in [1.54, 1.807) is 47.4 Å². The lowest BCUT2D eigenvalue weighted by atomic mass is 9.86. The number of hydrogen-bond acceptors (Lipinski definition) is 13. The molecule has 2 aliphatic rings. The molecule has 18 nitrogen and oxygen atoms in total. The summed E-state index contributed by atoms with van der Waals surface area (Å²) in [7, 11) is 2.03. The van der Waals surface area contributed by atoms with Crippen molar-refractivity contribution in [3.63, 3.8) is 0 Å². The number of ether oxygens (including phenoxy) is 1. The summed E-state index contributed by atoms with van der Waals surface area (Å²) >= 11 is 6.58. The Morgan fingerprint density at radius 1 is 0.787 bits per heavy atom. The molecule has 10 N–H and O–H groups in total. The van der Waals surface area contributed by atoms with E-state index in [1.165, 1.54) is 17.1 Å². The van der Waals surface area contributed by atoms with Crippen LogP contribution in [-0.4, -0.2) is 139 Å². The van der Waals surface area contributed by atoms with Gasteiger partial charge in [-0.1, -0.05) is 50.8 Å². The standard InChI is InChI=1S/C61H78ClN11O7/c1-5-42(39-62)58-45(38-55(48-14-6-7-15-49(48)58)80-61(79)72-33-31-71(4)32-34-72)37-54(74)53-36-44-35-47(22-23-51(44)70-53)69-59(77)43-18-20-46(21-19-43)68-60(78)52(17-9-11-27-64)67-41(3)50(16-8-10-26-63)66-29-28-65-40(2)13-12-30-73-56(75)24-25-57(73)76/h6-7,14-15,18-25,35-36,38,42,50,52,65-67,70H,2-3,5,8-13,16-17,26-34,37,39,63-64H2,1,4H3,(H,68,78)(H,69,77)/t42-,50-,52-/m0/s1. The summed E-state index contributed by atoms with van der Waals surface area (Å²) in [5.41, 5.74) is 17.4. The highest BCUT2D eigenvalue weighted by atomic mass is 35.5. The van der Waals surface area contributed by atoms with Crippen LogP contribution in [0.15, 0.2) is 116 Å². The molecule has 7 rings (SSSR count). The van der Waals surface area contributed by atoms with Crippen LogP contribution in [0, 0.1) is 0 Å². The molecule has 5 aromatic rings. The van der Waals surface area contributed by atoms with E-state index >= 15 is 0 Å². The molecule has 0 unspecified atom stereocenters. The summed E-state index contributed by atoms with van der Waals surface area (Å²) in [6.07, 6.45) is 8.55. The first-order valence-corrected chi connectivity index (χ1v) is 28.4. The highest BCUT2D eigenvalue weighted by Gasteiger charge is 2.27. The molecule has 1 saturated heterocycles. The number of carbonyl (C=O) groups excluding carboxylic acids is 6. The van der Waals surface area contributed by atoms with E-state index < -0.39 is 12.1 Å². The Kier molecular flexibility index (Phi) is 22.4. The van der Waals surface area contributed by atoms with Gasteiger partial charge in [-0.2, -0.15) is 0 Å². The minimum atomic E-state index is -0.616. The van der Waals surface area contributed by atoms with Gasteiger partial charge in [-0.05, 0) is 149 Å². The molecular weight excluding hydrogens is 1030 g/mol. The number of rotatable bonds is 31. The number of anilines is 2. The summed E-state index contributed by atoms with van der Waals surface area (Å²) in [5.74, 6) is -0.665. The van der Waals surface area contributed by atoms with Crippen molar-refractivity contribution >= 4 is 80.2 Å². The third-order valence-corrected chi connectivity index (χ3v) is 15.1. The van der Waals surface area contributed by atoms with Crippen molar-refractivity contribution < 1.29 is 33.5 Å². The topological polar surface area (TPSA) is 249 Å². The number of H-pyrrole nitrogens is 1. The molecule has 2 aliphatic heterocycles. The number of amides is 5. The van der Waals surface area contributed by atoms with Gasteiger partial charge in [-0.25, -0.2) is 4.79 Å². The number of unbranched alkanes of at least 4 members (excludes halogenated alkanes) is 2.